The number of hydrogen-bond acceptors (Lipinski definition) is 8. The molecule has 2 aromatic rings. The van der Waals surface area contributed by atoms with Crippen LogP contribution in [0.15, 0.2) is 18.2 Å². The van der Waals surface area contributed by atoms with E-state index in [0.29, 0.717) is 25.1 Å². The Labute approximate surface area is 192 Å². The summed E-state index contributed by atoms with van der Waals surface area (Å²) in [4.78, 5) is 8.83. The molecule has 0 aliphatic carbocycles. The Balaban J connectivity index is 2.36. The average Bonchev–Trinajstić information content (AvgIpc) is 2.74. The standard InChI is InChI=1S/C23H33N5O3S/c1-4-5-7-19(8-6-13-32(29)30)27-22-20(16(2)26-23(25)28-22)15-18-14-17(11-12-24)9-10-21(18)31-3/h9-10,14,19,32H,4-8,11,13,15H2,1-3H3,(H3,25,26,27,28)/t19-/m0/s1. The molecule has 9 heteroatoms. The highest BCUT2D eigenvalue weighted by Crippen LogP contribution is 2.28. The largest absolute Gasteiger partial charge is 0.496 e. The Bertz CT molecular complexity index is 1010. The van der Waals surface area contributed by atoms with Gasteiger partial charge >= 0.3 is 0 Å². The van der Waals surface area contributed by atoms with Crippen LogP contribution in [0.25, 0.3) is 0 Å². The second-order valence-electron chi connectivity index (χ2n) is 7.83. The van der Waals surface area contributed by atoms with Crippen LogP contribution in [0.2, 0.25) is 0 Å². The molecule has 1 aromatic carbocycles. The van der Waals surface area contributed by atoms with Crippen molar-refractivity contribution in [3.63, 3.8) is 0 Å². The van der Waals surface area contributed by atoms with Gasteiger partial charge in [-0.05, 0) is 43.4 Å². The number of aromatic nitrogens is 2. The number of hydrogen-bond donors (Lipinski definition) is 3. The fourth-order valence-corrected chi connectivity index (χ4v) is 4.15. The van der Waals surface area contributed by atoms with Crippen molar-refractivity contribution in [1.29, 1.82) is 5.26 Å². The number of rotatable bonds is 13. The van der Waals surface area contributed by atoms with Crippen LogP contribution in [0, 0.1) is 18.3 Å². The van der Waals surface area contributed by atoms with E-state index in [1.807, 2.05) is 25.1 Å². The Morgan fingerprint density at radius 3 is 2.66 bits per heavy atom. The van der Waals surface area contributed by atoms with E-state index in [0.717, 1.165) is 53.8 Å². The lowest BCUT2D eigenvalue weighted by atomic mass is 9.99. The average molecular weight is 460 g/mol. The second-order valence-corrected chi connectivity index (χ2v) is 8.95. The second kappa shape index (κ2) is 12.9. The molecule has 174 valence electrons. The molecule has 0 amide bonds. The number of aryl methyl sites for hydroxylation is 1. The van der Waals surface area contributed by atoms with Gasteiger partial charge in [-0.1, -0.05) is 31.9 Å². The van der Waals surface area contributed by atoms with Gasteiger partial charge in [0.15, 0.2) is 0 Å². The van der Waals surface area contributed by atoms with Gasteiger partial charge in [0, 0.05) is 29.5 Å². The predicted molar refractivity (Wildman–Crippen MR) is 128 cm³/mol. The maximum Gasteiger partial charge on any atom is 0.222 e. The molecule has 1 atom stereocenters. The minimum atomic E-state index is -2.38. The molecule has 0 fully saturated rings. The quantitative estimate of drug-likeness (QED) is 0.389. The molecule has 2 rings (SSSR count). The minimum absolute atomic E-state index is 0.0872. The van der Waals surface area contributed by atoms with E-state index in [-0.39, 0.29) is 17.7 Å². The van der Waals surface area contributed by atoms with Crippen LogP contribution in [0.5, 0.6) is 5.75 Å². The number of thiol groups is 1. The molecular formula is C23H33N5O3S. The Hall–Kier alpha value is -2.86. The highest BCUT2D eigenvalue weighted by molar-refractivity contribution is 7.72. The molecular weight excluding hydrogens is 426 g/mol. The molecule has 8 nitrogen and oxygen atoms in total. The predicted octanol–water partition coefficient (Wildman–Crippen LogP) is 3.40. The molecule has 0 saturated heterocycles. The van der Waals surface area contributed by atoms with Crippen LogP contribution in [0.1, 0.15) is 61.4 Å². The lowest BCUT2D eigenvalue weighted by Crippen LogP contribution is -2.23. The molecule has 0 unspecified atom stereocenters. The number of nitriles is 1. The van der Waals surface area contributed by atoms with Gasteiger partial charge in [-0.3, -0.25) is 0 Å². The molecule has 3 N–H and O–H groups in total. The molecule has 0 spiro atoms. The summed E-state index contributed by atoms with van der Waals surface area (Å²) in [5.74, 6) is 1.77. The van der Waals surface area contributed by atoms with Crippen molar-refractivity contribution in [1.82, 2.24) is 9.97 Å². The Morgan fingerprint density at radius 1 is 1.25 bits per heavy atom. The van der Waals surface area contributed by atoms with E-state index in [1.165, 1.54) is 0 Å². The number of nitrogens with two attached hydrogens (primary N) is 1. The van der Waals surface area contributed by atoms with Gasteiger partial charge in [0.2, 0.25) is 5.95 Å². The summed E-state index contributed by atoms with van der Waals surface area (Å²) in [6.45, 7) is 4.03. The zero-order valence-corrected chi connectivity index (χ0v) is 20.0. The summed E-state index contributed by atoms with van der Waals surface area (Å²) in [6.07, 6.45) is 5.15. The zero-order valence-electron chi connectivity index (χ0n) is 19.1. The van der Waals surface area contributed by atoms with Crippen molar-refractivity contribution >= 4 is 22.5 Å². The van der Waals surface area contributed by atoms with E-state index in [4.69, 9.17) is 15.7 Å². The van der Waals surface area contributed by atoms with Crippen molar-refractivity contribution in [3.05, 3.63) is 40.6 Å². The number of ether oxygens (including phenoxy) is 1. The highest BCUT2D eigenvalue weighted by Gasteiger charge is 2.18. The molecule has 0 saturated carbocycles. The maximum absolute atomic E-state index is 11.0. The van der Waals surface area contributed by atoms with Crippen LogP contribution in [-0.2, 0) is 23.5 Å². The smallest absolute Gasteiger partial charge is 0.222 e. The fraction of sp³-hybridized carbons (Fsp3) is 0.522. The molecule has 1 aromatic heterocycles. The summed E-state index contributed by atoms with van der Waals surface area (Å²) in [7, 11) is -0.755. The summed E-state index contributed by atoms with van der Waals surface area (Å²) < 4.78 is 27.5. The maximum atomic E-state index is 11.0. The van der Waals surface area contributed by atoms with Crippen LogP contribution in [0.4, 0.5) is 11.8 Å². The van der Waals surface area contributed by atoms with Crippen LogP contribution < -0.4 is 15.8 Å². The first-order chi connectivity index (χ1) is 15.4. The third kappa shape index (κ3) is 7.68. The Morgan fingerprint density at radius 2 is 2.00 bits per heavy atom. The third-order valence-electron chi connectivity index (χ3n) is 5.37. The summed E-state index contributed by atoms with van der Waals surface area (Å²) in [5.41, 5.74) is 9.48. The van der Waals surface area contributed by atoms with E-state index in [2.05, 4.69) is 28.3 Å². The van der Waals surface area contributed by atoms with Gasteiger partial charge in [-0.25, -0.2) is 13.4 Å². The summed E-state index contributed by atoms with van der Waals surface area (Å²) >= 11 is 0. The number of nitrogens with zero attached hydrogens (tertiary/aromatic N) is 3. The third-order valence-corrected chi connectivity index (χ3v) is 6.05. The normalized spacial score (nSPS) is 11.8. The van der Waals surface area contributed by atoms with Crippen LogP contribution in [-0.4, -0.2) is 37.3 Å². The fourth-order valence-electron chi connectivity index (χ4n) is 3.71. The zero-order chi connectivity index (χ0) is 23.5. The van der Waals surface area contributed by atoms with E-state index < -0.39 is 10.7 Å². The van der Waals surface area contributed by atoms with Crippen molar-refractivity contribution in [2.75, 3.05) is 23.9 Å². The molecule has 32 heavy (non-hydrogen) atoms. The van der Waals surface area contributed by atoms with Gasteiger partial charge in [0.1, 0.15) is 22.3 Å². The molecule has 0 aliphatic heterocycles. The van der Waals surface area contributed by atoms with Gasteiger partial charge in [0.25, 0.3) is 0 Å². The highest BCUT2D eigenvalue weighted by atomic mass is 32.2. The SMILES string of the molecule is CCCC[C@@H](CCC[SH](=O)=O)Nc1nc(N)nc(C)c1Cc1cc(CC#N)ccc1OC. The topological polar surface area (TPSA) is 131 Å². The van der Waals surface area contributed by atoms with Gasteiger partial charge in [-0.15, -0.1) is 0 Å². The number of anilines is 2. The van der Waals surface area contributed by atoms with Crippen LogP contribution in [0.3, 0.4) is 0 Å². The number of nitrogen functional groups attached to an aromatic ring is 1. The van der Waals surface area contributed by atoms with Crippen molar-refractivity contribution < 1.29 is 13.2 Å². The van der Waals surface area contributed by atoms with Crippen molar-refractivity contribution in [2.24, 2.45) is 0 Å². The van der Waals surface area contributed by atoms with Gasteiger partial charge in [-0.2, -0.15) is 10.2 Å². The summed E-state index contributed by atoms with van der Waals surface area (Å²) in [6, 6.07) is 8.00. The van der Waals surface area contributed by atoms with E-state index in [1.54, 1.807) is 7.11 Å². The number of nitrogens with one attached hydrogen (secondary N) is 1. The number of benzene rings is 1. The first-order valence-electron chi connectivity index (χ1n) is 10.9. The molecule has 1 heterocycles. The molecule has 0 bridgehead atoms. The first kappa shape index (κ1) is 25.4. The molecule has 0 aliphatic rings. The first-order valence-corrected chi connectivity index (χ1v) is 12.3. The van der Waals surface area contributed by atoms with E-state index >= 15 is 0 Å². The number of methoxy groups -OCH3 is 1. The van der Waals surface area contributed by atoms with Crippen molar-refractivity contribution in [3.8, 4) is 11.8 Å². The monoisotopic (exact) mass is 459 g/mol. The van der Waals surface area contributed by atoms with E-state index in [9.17, 15) is 8.42 Å². The number of unbranched alkanes of at least 4 members (excludes halogenated alkanes) is 1. The van der Waals surface area contributed by atoms with Crippen molar-refractivity contribution in [2.45, 2.75) is 64.8 Å². The van der Waals surface area contributed by atoms with Gasteiger partial charge in [0.05, 0.1) is 19.6 Å². The minimum Gasteiger partial charge on any atom is -0.496 e. The molecule has 0 radical (unpaired) electrons. The van der Waals surface area contributed by atoms with Gasteiger partial charge < -0.3 is 15.8 Å². The lowest BCUT2D eigenvalue weighted by Gasteiger charge is -2.22. The lowest BCUT2D eigenvalue weighted by molar-refractivity contribution is 0.410. The summed E-state index contributed by atoms with van der Waals surface area (Å²) in [5, 5.41) is 12.6. The van der Waals surface area contributed by atoms with Crippen LogP contribution >= 0.6 is 0 Å². The Kier molecular flexibility index (Phi) is 10.2.